The Morgan fingerprint density at radius 1 is 1.35 bits per heavy atom. The van der Waals surface area contributed by atoms with Crippen LogP contribution in [0.3, 0.4) is 0 Å². The molecule has 0 saturated heterocycles. The third kappa shape index (κ3) is 2.77. The van der Waals surface area contributed by atoms with Crippen LogP contribution in [0, 0.1) is 0 Å². The Morgan fingerprint density at radius 3 is 2.75 bits per heavy atom. The lowest BCUT2D eigenvalue weighted by atomic mass is 10.0. The SMILES string of the molecule is CCCCc1c(-c2ccccn2)ccn(C(=O)O)c1=O. The first-order valence-electron chi connectivity index (χ1n) is 6.54. The number of aromatic nitrogens is 2. The van der Waals surface area contributed by atoms with Crippen LogP contribution < -0.4 is 5.56 Å². The van der Waals surface area contributed by atoms with Gasteiger partial charge in [-0.25, -0.2) is 9.36 Å². The third-order valence-corrected chi connectivity index (χ3v) is 3.12. The van der Waals surface area contributed by atoms with Crippen LogP contribution in [0.25, 0.3) is 11.3 Å². The predicted octanol–water partition coefficient (Wildman–Crippen LogP) is 2.78. The largest absolute Gasteiger partial charge is 0.464 e. The summed E-state index contributed by atoms with van der Waals surface area (Å²) in [5.41, 5.74) is 1.43. The lowest BCUT2D eigenvalue weighted by Gasteiger charge is -2.10. The molecule has 0 radical (unpaired) electrons. The summed E-state index contributed by atoms with van der Waals surface area (Å²) in [6, 6.07) is 7.10. The average Bonchev–Trinajstić information content (AvgIpc) is 2.46. The Labute approximate surface area is 116 Å². The number of unbranched alkanes of at least 4 members (excludes halogenated alkanes) is 1. The summed E-state index contributed by atoms with van der Waals surface area (Å²) < 4.78 is 0.720. The van der Waals surface area contributed by atoms with Crippen molar-refractivity contribution in [3.8, 4) is 11.3 Å². The van der Waals surface area contributed by atoms with Crippen molar-refractivity contribution in [3.05, 3.63) is 52.6 Å². The molecule has 2 heterocycles. The van der Waals surface area contributed by atoms with Crippen LogP contribution in [-0.4, -0.2) is 20.8 Å². The molecule has 0 fully saturated rings. The quantitative estimate of drug-likeness (QED) is 0.928. The second-order valence-electron chi connectivity index (χ2n) is 4.48. The summed E-state index contributed by atoms with van der Waals surface area (Å²) in [4.78, 5) is 27.5. The Balaban J connectivity index is 2.60. The van der Waals surface area contributed by atoms with Crippen LogP contribution in [0.15, 0.2) is 41.5 Å². The topological polar surface area (TPSA) is 72.2 Å². The molecule has 5 heteroatoms. The van der Waals surface area contributed by atoms with E-state index in [4.69, 9.17) is 5.11 Å². The van der Waals surface area contributed by atoms with Crippen molar-refractivity contribution in [2.45, 2.75) is 26.2 Å². The van der Waals surface area contributed by atoms with Crippen molar-refractivity contribution in [3.63, 3.8) is 0 Å². The molecule has 0 bridgehead atoms. The number of carboxylic acid groups (broad SMARTS) is 1. The van der Waals surface area contributed by atoms with E-state index in [2.05, 4.69) is 4.98 Å². The van der Waals surface area contributed by atoms with Gasteiger partial charge in [0, 0.05) is 23.5 Å². The van der Waals surface area contributed by atoms with Crippen LogP contribution in [-0.2, 0) is 6.42 Å². The van der Waals surface area contributed by atoms with Gasteiger partial charge < -0.3 is 5.11 Å². The van der Waals surface area contributed by atoms with Gasteiger partial charge in [0.05, 0.1) is 5.69 Å². The van der Waals surface area contributed by atoms with Gasteiger partial charge in [0.2, 0.25) is 0 Å². The van der Waals surface area contributed by atoms with E-state index in [1.807, 2.05) is 19.1 Å². The molecular formula is C15H16N2O3. The molecule has 1 N–H and O–H groups in total. The zero-order valence-electron chi connectivity index (χ0n) is 11.2. The molecule has 0 aliphatic heterocycles. The first-order chi connectivity index (χ1) is 9.65. The fraction of sp³-hybridized carbons (Fsp3) is 0.267. The van der Waals surface area contributed by atoms with Gasteiger partial charge in [-0.2, -0.15) is 0 Å². The summed E-state index contributed by atoms with van der Waals surface area (Å²) in [6.45, 7) is 2.03. The molecule has 0 aliphatic carbocycles. The van der Waals surface area contributed by atoms with E-state index in [9.17, 15) is 9.59 Å². The van der Waals surface area contributed by atoms with E-state index in [-0.39, 0.29) is 0 Å². The van der Waals surface area contributed by atoms with E-state index in [1.165, 1.54) is 6.20 Å². The molecule has 0 saturated carbocycles. The zero-order valence-corrected chi connectivity index (χ0v) is 11.2. The Morgan fingerprint density at radius 2 is 2.15 bits per heavy atom. The van der Waals surface area contributed by atoms with Crippen LogP contribution in [0.1, 0.15) is 25.3 Å². The molecule has 20 heavy (non-hydrogen) atoms. The number of hydrogen-bond acceptors (Lipinski definition) is 3. The minimum absolute atomic E-state index is 0.478. The maximum absolute atomic E-state index is 12.3. The van der Waals surface area contributed by atoms with Gasteiger partial charge in [0.15, 0.2) is 0 Å². The summed E-state index contributed by atoms with van der Waals surface area (Å²) in [5, 5.41) is 9.02. The van der Waals surface area contributed by atoms with E-state index in [0.29, 0.717) is 23.2 Å². The zero-order chi connectivity index (χ0) is 14.5. The molecule has 0 amide bonds. The minimum Gasteiger partial charge on any atom is -0.464 e. The summed E-state index contributed by atoms with van der Waals surface area (Å²) in [7, 11) is 0. The van der Waals surface area contributed by atoms with Crippen molar-refractivity contribution in [2.75, 3.05) is 0 Å². The summed E-state index contributed by atoms with van der Waals surface area (Å²) in [5.74, 6) is 0. The molecule has 0 unspecified atom stereocenters. The lowest BCUT2D eigenvalue weighted by molar-refractivity contribution is 0.195. The van der Waals surface area contributed by atoms with E-state index in [0.717, 1.165) is 17.4 Å². The van der Waals surface area contributed by atoms with Gasteiger partial charge in [-0.3, -0.25) is 9.78 Å². The monoisotopic (exact) mass is 272 g/mol. The van der Waals surface area contributed by atoms with Gasteiger partial charge >= 0.3 is 6.09 Å². The second kappa shape index (κ2) is 6.14. The molecule has 104 valence electrons. The number of carbonyl (C=O) groups is 1. The number of pyridine rings is 2. The van der Waals surface area contributed by atoms with Crippen LogP contribution in [0.2, 0.25) is 0 Å². The first kappa shape index (κ1) is 14.0. The second-order valence-corrected chi connectivity index (χ2v) is 4.48. The fourth-order valence-electron chi connectivity index (χ4n) is 2.09. The molecule has 2 aromatic heterocycles. The number of rotatable bonds is 4. The Hall–Kier alpha value is -2.43. The van der Waals surface area contributed by atoms with E-state index >= 15 is 0 Å². The van der Waals surface area contributed by atoms with Gasteiger partial charge in [-0.1, -0.05) is 19.4 Å². The third-order valence-electron chi connectivity index (χ3n) is 3.12. The van der Waals surface area contributed by atoms with E-state index < -0.39 is 11.7 Å². The molecule has 2 rings (SSSR count). The van der Waals surface area contributed by atoms with Crippen molar-refractivity contribution < 1.29 is 9.90 Å². The summed E-state index contributed by atoms with van der Waals surface area (Å²) in [6.07, 6.45) is 3.99. The van der Waals surface area contributed by atoms with Gasteiger partial charge in [-0.15, -0.1) is 0 Å². The van der Waals surface area contributed by atoms with E-state index in [1.54, 1.807) is 18.3 Å². The van der Waals surface area contributed by atoms with Crippen LogP contribution >= 0.6 is 0 Å². The first-order valence-corrected chi connectivity index (χ1v) is 6.54. The standard InChI is InChI=1S/C15H16N2O3/c1-2-3-6-12-11(13-7-4-5-9-16-13)8-10-17(14(12)18)15(19)20/h4-5,7-10H,2-3,6H2,1H3,(H,19,20). The molecule has 0 aliphatic rings. The van der Waals surface area contributed by atoms with Gasteiger partial charge in [0.1, 0.15) is 0 Å². The normalized spacial score (nSPS) is 10.4. The maximum Gasteiger partial charge on any atom is 0.418 e. The lowest BCUT2D eigenvalue weighted by Crippen LogP contribution is -2.28. The molecule has 2 aromatic rings. The summed E-state index contributed by atoms with van der Waals surface area (Å²) >= 11 is 0. The molecule has 0 aromatic carbocycles. The van der Waals surface area contributed by atoms with Crippen LogP contribution in [0.4, 0.5) is 4.79 Å². The smallest absolute Gasteiger partial charge is 0.418 e. The average molecular weight is 272 g/mol. The highest BCUT2D eigenvalue weighted by Crippen LogP contribution is 2.20. The maximum atomic E-state index is 12.3. The number of hydrogen-bond donors (Lipinski definition) is 1. The molecule has 5 nitrogen and oxygen atoms in total. The van der Waals surface area contributed by atoms with Crippen molar-refractivity contribution in [1.29, 1.82) is 0 Å². The van der Waals surface area contributed by atoms with Crippen molar-refractivity contribution in [1.82, 2.24) is 9.55 Å². The molecule has 0 spiro atoms. The fourth-order valence-corrected chi connectivity index (χ4v) is 2.09. The Kier molecular flexibility index (Phi) is 4.30. The molecule has 0 atom stereocenters. The van der Waals surface area contributed by atoms with Gasteiger partial charge in [-0.05, 0) is 31.0 Å². The predicted molar refractivity (Wildman–Crippen MR) is 76.0 cm³/mol. The van der Waals surface area contributed by atoms with Gasteiger partial charge in [0.25, 0.3) is 5.56 Å². The van der Waals surface area contributed by atoms with Crippen LogP contribution in [0.5, 0.6) is 0 Å². The highest BCUT2D eigenvalue weighted by molar-refractivity contribution is 5.70. The highest BCUT2D eigenvalue weighted by Gasteiger charge is 2.14. The van der Waals surface area contributed by atoms with Crippen molar-refractivity contribution in [2.24, 2.45) is 0 Å². The molecular weight excluding hydrogens is 256 g/mol. The highest BCUT2D eigenvalue weighted by atomic mass is 16.4. The van der Waals surface area contributed by atoms with Crippen molar-refractivity contribution >= 4 is 6.09 Å². The minimum atomic E-state index is -1.26. The number of nitrogens with zero attached hydrogens (tertiary/aromatic N) is 2. The Bertz CT molecular complexity index is 663.